The molecule has 3 rings (SSSR count). The van der Waals surface area contributed by atoms with E-state index in [1.807, 2.05) is 25.1 Å². The molecule has 1 aliphatic rings. The molecule has 1 heterocycles. The number of aliphatic imine (C=N–C) groups is 1. The van der Waals surface area contributed by atoms with Crippen LogP contribution in [0, 0.1) is 0 Å². The molecule has 0 atom stereocenters. The van der Waals surface area contributed by atoms with Crippen LogP contribution in [0.4, 0.5) is 5.69 Å². The van der Waals surface area contributed by atoms with E-state index >= 15 is 0 Å². The van der Waals surface area contributed by atoms with Gasteiger partial charge in [-0.05, 0) is 31.2 Å². The Morgan fingerprint density at radius 1 is 1.07 bits per heavy atom. The SMILES string of the molecule is CCNC(=NCCS(=O)(=O)c1ccccc1)Nc1ccc2c(c1)OCCCO2. The van der Waals surface area contributed by atoms with Crippen LogP contribution in [0.3, 0.4) is 0 Å². The Morgan fingerprint density at radius 2 is 1.82 bits per heavy atom. The van der Waals surface area contributed by atoms with Crippen LogP contribution in [-0.2, 0) is 9.84 Å². The zero-order chi connectivity index (χ0) is 19.8. The minimum absolute atomic E-state index is 0.0608. The number of fused-ring (bicyclic) bond motifs is 1. The molecule has 7 nitrogen and oxygen atoms in total. The summed E-state index contributed by atoms with van der Waals surface area (Å²) in [7, 11) is -3.36. The second kappa shape index (κ2) is 9.45. The second-order valence-corrected chi connectivity index (χ2v) is 8.34. The lowest BCUT2D eigenvalue weighted by atomic mass is 10.3. The molecule has 1 aliphatic heterocycles. The highest BCUT2D eigenvalue weighted by atomic mass is 32.2. The summed E-state index contributed by atoms with van der Waals surface area (Å²) in [4.78, 5) is 4.70. The van der Waals surface area contributed by atoms with Gasteiger partial charge in [-0.1, -0.05) is 18.2 Å². The summed E-state index contributed by atoms with van der Waals surface area (Å²) in [6.45, 7) is 4.01. The van der Waals surface area contributed by atoms with Crippen LogP contribution >= 0.6 is 0 Å². The van der Waals surface area contributed by atoms with Crippen molar-refractivity contribution in [2.75, 3.05) is 37.4 Å². The second-order valence-electron chi connectivity index (χ2n) is 6.23. The quantitative estimate of drug-likeness (QED) is 0.569. The highest BCUT2D eigenvalue weighted by molar-refractivity contribution is 7.91. The summed E-state index contributed by atoms with van der Waals surface area (Å²) in [6, 6.07) is 14.0. The molecule has 0 aliphatic carbocycles. The van der Waals surface area contributed by atoms with Crippen LogP contribution in [0.15, 0.2) is 58.4 Å². The number of hydrogen-bond acceptors (Lipinski definition) is 5. The lowest BCUT2D eigenvalue weighted by molar-refractivity contribution is 0.297. The van der Waals surface area contributed by atoms with Gasteiger partial charge >= 0.3 is 0 Å². The van der Waals surface area contributed by atoms with Gasteiger partial charge in [0.15, 0.2) is 27.3 Å². The van der Waals surface area contributed by atoms with Gasteiger partial charge in [0, 0.05) is 24.7 Å². The van der Waals surface area contributed by atoms with Crippen LogP contribution in [-0.4, -0.2) is 46.4 Å². The van der Waals surface area contributed by atoms with E-state index in [0.29, 0.717) is 36.4 Å². The maximum absolute atomic E-state index is 12.4. The van der Waals surface area contributed by atoms with Crippen molar-refractivity contribution < 1.29 is 17.9 Å². The van der Waals surface area contributed by atoms with Crippen molar-refractivity contribution >= 4 is 21.5 Å². The number of benzene rings is 2. The van der Waals surface area contributed by atoms with Crippen LogP contribution in [0.1, 0.15) is 13.3 Å². The summed E-state index contributed by atoms with van der Waals surface area (Å²) >= 11 is 0. The largest absolute Gasteiger partial charge is 0.490 e. The van der Waals surface area contributed by atoms with Crippen LogP contribution < -0.4 is 20.1 Å². The molecule has 0 saturated heterocycles. The number of hydrogen-bond donors (Lipinski definition) is 2. The third-order valence-corrected chi connectivity index (χ3v) is 5.80. The highest BCUT2D eigenvalue weighted by Gasteiger charge is 2.14. The zero-order valence-corrected chi connectivity index (χ0v) is 16.7. The third kappa shape index (κ3) is 5.39. The Labute approximate surface area is 165 Å². The smallest absolute Gasteiger partial charge is 0.195 e. The van der Waals surface area contributed by atoms with Gasteiger partial charge in [0.25, 0.3) is 0 Å². The summed E-state index contributed by atoms with van der Waals surface area (Å²) in [5, 5.41) is 6.31. The van der Waals surface area contributed by atoms with E-state index in [4.69, 9.17) is 9.47 Å². The van der Waals surface area contributed by atoms with Crippen LogP contribution in [0.2, 0.25) is 0 Å². The molecule has 2 N–H and O–H groups in total. The minimum atomic E-state index is -3.36. The Balaban J connectivity index is 1.67. The lowest BCUT2D eigenvalue weighted by Crippen LogP contribution is -2.31. The Bertz CT molecular complexity index is 914. The van der Waals surface area contributed by atoms with Crippen molar-refractivity contribution in [3.63, 3.8) is 0 Å². The zero-order valence-electron chi connectivity index (χ0n) is 15.8. The summed E-state index contributed by atoms with van der Waals surface area (Å²) < 4.78 is 36.1. The average molecular weight is 404 g/mol. The van der Waals surface area contributed by atoms with Crippen molar-refractivity contribution in [2.45, 2.75) is 18.2 Å². The van der Waals surface area contributed by atoms with Gasteiger partial charge in [0.05, 0.1) is 30.4 Å². The standard InChI is InChI=1S/C20H25N3O4S/c1-2-21-20(22-11-14-28(24,25)17-7-4-3-5-8-17)23-16-9-10-18-19(15-16)27-13-6-12-26-18/h3-5,7-10,15H,2,6,11-14H2,1H3,(H2,21,22,23). The molecular weight excluding hydrogens is 378 g/mol. The molecule has 0 unspecified atom stereocenters. The van der Waals surface area contributed by atoms with Gasteiger partial charge in [-0.15, -0.1) is 0 Å². The predicted octanol–water partition coefficient (Wildman–Crippen LogP) is 2.70. The first-order valence-corrected chi connectivity index (χ1v) is 11.0. The van der Waals surface area contributed by atoms with E-state index in [2.05, 4.69) is 15.6 Å². The molecular formula is C20H25N3O4S. The molecule has 150 valence electrons. The number of guanidine groups is 1. The molecule has 0 radical (unpaired) electrons. The molecule has 0 bridgehead atoms. The maximum atomic E-state index is 12.4. The fourth-order valence-corrected chi connectivity index (χ4v) is 3.85. The van der Waals surface area contributed by atoms with Crippen molar-refractivity contribution in [3.8, 4) is 11.5 Å². The highest BCUT2D eigenvalue weighted by Crippen LogP contribution is 2.32. The first-order chi connectivity index (χ1) is 13.6. The van der Waals surface area contributed by atoms with Crippen molar-refractivity contribution in [3.05, 3.63) is 48.5 Å². The molecule has 8 heteroatoms. The number of nitrogens with zero attached hydrogens (tertiary/aromatic N) is 1. The van der Waals surface area contributed by atoms with Gasteiger partial charge in [-0.25, -0.2) is 8.42 Å². The number of anilines is 1. The van der Waals surface area contributed by atoms with Crippen molar-refractivity contribution in [1.82, 2.24) is 5.32 Å². The first-order valence-electron chi connectivity index (χ1n) is 9.31. The fourth-order valence-electron chi connectivity index (χ4n) is 2.71. The van der Waals surface area contributed by atoms with E-state index in [-0.39, 0.29) is 12.3 Å². The summed E-state index contributed by atoms with van der Waals surface area (Å²) in [5.41, 5.74) is 0.787. The van der Waals surface area contributed by atoms with Crippen molar-refractivity contribution in [2.24, 2.45) is 4.99 Å². The lowest BCUT2D eigenvalue weighted by Gasteiger charge is -2.13. The molecule has 0 fully saturated rings. The number of nitrogens with one attached hydrogen (secondary N) is 2. The third-order valence-electron chi connectivity index (χ3n) is 4.09. The Kier molecular flexibility index (Phi) is 6.76. The number of ether oxygens (including phenoxy) is 2. The molecule has 0 saturated carbocycles. The van der Waals surface area contributed by atoms with Gasteiger partial charge < -0.3 is 20.1 Å². The molecule has 28 heavy (non-hydrogen) atoms. The number of rotatable bonds is 6. The van der Waals surface area contributed by atoms with E-state index in [1.54, 1.807) is 30.3 Å². The Hall–Kier alpha value is -2.74. The maximum Gasteiger partial charge on any atom is 0.195 e. The molecule has 0 spiro atoms. The van der Waals surface area contributed by atoms with Crippen molar-refractivity contribution in [1.29, 1.82) is 0 Å². The van der Waals surface area contributed by atoms with E-state index in [9.17, 15) is 8.42 Å². The average Bonchev–Trinajstić information content (AvgIpc) is 2.94. The van der Waals surface area contributed by atoms with Gasteiger partial charge in [-0.3, -0.25) is 4.99 Å². The van der Waals surface area contributed by atoms with Crippen LogP contribution in [0.25, 0.3) is 0 Å². The minimum Gasteiger partial charge on any atom is -0.490 e. The normalized spacial score (nSPS) is 14.2. The molecule has 0 aromatic heterocycles. The van der Waals surface area contributed by atoms with Gasteiger partial charge in [0.1, 0.15) is 0 Å². The molecule has 2 aromatic carbocycles. The molecule has 2 aromatic rings. The fraction of sp³-hybridized carbons (Fsp3) is 0.350. The summed E-state index contributed by atoms with van der Waals surface area (Å²) in [5.74, 6) is 1.86. The van der Waals surface area contributed by atoms with E-state index < -0.39 is 9.84 Å². The van der Waals surface area contributed by atoms with Gasteiger partial charge in [-0.2, -0.15) is 0 Å². The number of sulfone groups is 1. The van der Waals surface area contributed by atoms with Crippen LogP contribution in [0.5, 0.6) is 11.5 Å². The predicted molar refractivity (Wildman–Crippen MR) is 110 cm³/mol. The van der Waals surface area contributed by atoms with Gasteiger partial charge in [0.2, 0.25) is 0 Å². The Morgan fingerprint density at radius 3 is 2.57 bits per heavy atom. The molecule has 0 amide bonds. The van der Waals surface area contributed by atoms with E-state index in [1.165, 1.54) is 0 Å². The monoisotopic (exact) mass is 403 g/mol. The van der Waals surface area contributed by atoms with E-state index in [0.717, 1.165) is 17.9 Å². The first kappa shape index (κ1) is 20.0. The summed E-state index contributed by atoms with van der Waals surface area (Å²) in [6.07, 6.45) is 0.845. The topological polar surface area (TPSA) is 89.0 Å².